The van der Waals surface area contributed by atoms with E-state index in [9.17, 15) is 19.2 Å². The Morgan fingerprint density at radius 2 is 1.81 bits per heavy atom. The topological polar surface area (TPSA) is 116 Å². The lowest BCUT2D eigenvalue weighted by Crippen LogP contribution is -2.52. The van der Waals surface area contributed by atoms with Crippen LogP contribution < -0.4 is 10.2 Å². The molecule has 10 nitrogen and oxygen atoms in total. The van der Waals surface area contributed by atoms with Gasteiger partial charge in [-0.15, -0.1) is 0 Å². The second-order valence-corrected chi connectivity index (χ2v) is 9.37. The highest BCUT2D eigenvalue weighted by Gasteiger charge is 2.40. The molecule has 188 valence electrons. The van der Waals surface area contributed by atoms with Crippen molar-refractivity contribution < 1.29 is 23.6 Å². The summed E-state index contributed by atoms with van der Waals surface area (Å²) in [4.78, 5) is 63.5. The number of imide groups is 1. The Hall–Kier alpha value is -4.41. The smallest absolute Gasteiger partial charge is 0.256 e. The van der Waals surface area contributed by atoms with Crippen LogP contribution in [0.2, 0.25) is 0 Å². The highest BCUT2D eigenvalue weighted by molar-refractivity contribution is 6.06. The van der Waals surface area contributed by atoms with Crippen LogP contribution in [0.4, 0.5) is 10.1 Å². The number of piperazine rings is 1. The SMILES string of the molecule is O=C1CCC(N2Cc3cc(N4CCN(C(=O)c5cccc6nccnc56)CC4)c(F)cc3C2=O)C(=O)N1. The van der Waals surface area contributed by atoms with Crippen LogP contribution in [0.15, 0.2) is 42.7 Å². The van der Waals surface area contributed by atoms with Crippen molar-refractivity contribution in [1.82, 2.24) is 25.1 Å². The molecule has 0 aliphatic carbocycles. The quantitative estimate of drug-likeness (QED) is 0.540. The molecule has 3 aliphatic heterocycles. The van der Waals surface area contributed by atoms with Gasteiger partial charge in [0.15, 0.2) is 0 Å². The number of anilines is 1. The van der Waals surface area contributed by atoms with Crippen molar-refractivity contribution >= 4 is 40.3 Å². The minimum absolute atomic E-state index is 0.148. The summed E-state index contributed by atoms with van der Waals surface area (Å²) in [5, 5.41) is 2.27. The number of halogens is 1. The summed E-state index contributed by atoms with van der Waals surface area (Å²) < 4.78 is 15.2. The van der Waals surface area contributed by atoms with Gasteiger partial charge in [0.05, 0.1) is 16.8 Å². The normalized spacial score (nSPS) is 19.9. The number of hydrogen-bond acceptors (Lipinski definition) is 7. The molecule has 0 saturated carbocycles. The van der Waals surface area contributed by atoms with Crippen LogP contribution in [0.3, 0.4) is 0 Å². The van der Waals surface area contributed by atoms with Gasteiger partial charge in [-0.3, -0.25) is 34.5 Å². The van der Waals surface area contributed by atoms with E-state index in [2.05, 4.69) is 15.3 Å². The van der Waals surface area contributed by atoms with Gasteiger partial charge in [-0.05, 0) is 36.2 Å². The van der Waals surface area contributed by atoms with Crippen molar-refractivity contribution in [3.63, 3.8) is 0 Å². The number of amides is 4. The first-order valence-electron chi connectivity index (χ1n) is 12.1. The lowest BCUT2D eigenvalue weighted by atomic mass is 10.0. The van der Waals surface area contributed by atoms with Gasteiger partial charge in [0, 0.05) is 57.1 Å². The van der Waals surface area contributed by atoms with Gasteiger partial charge in [-0.2, -0.15) is 0 Å². The molecule has 37 heavy (non-hydrogen) atoms. The molecule has 1 unspecified atom stereocenters. The number of carbonyl (C=O) groups is 4. The number of rotatable bonds is 3. The Kier molecular flexibility index (Phi) is 5.54. The summed E-state index contributed by atoms with van der Waals surface area (Å²) in [6, 6.07) is 7.45. The zero-order valence-corrected chi connectivity index (χ0v) is 19.8. The molecule has 1 atom stereocenters. The van der Waals surface area contributed by atoms with Gasteiger partial charge in [-0.25, -0.2) is 4.39 Å². The molecule has 0 bridgehead atoms. The van der Waals surface area contributed by atoms with E-state index in [1.165, 1.54) is 11.0 Å². The predicted molar refractivity (Wildman–Crippen MR) is 130 cm³/mol. The van der Waals surface area contributed by atoms with Crippen LogP contribution in [0.1, 0.15) is 39.1 Å². The third-order valence-corrected chi connectivity index (χ3v) is 7.23. The highest BCUT2D eigenvalue weighted by atomic mass is 19.1. The molecule has 1 N–H and O–H groups in total. The van der Waals surface area contributed by atoms with Crippen molar-refractivity contribution in [2.75, 3.05) is 31.1 Å². The maximum absolute atomic E-state index is 15.2. The minimum atomic E-state index is -0.752. The molecule has 1 aromatic heterocycles. The van der Waals surface area contributed by atoms with E-state index in [1.54, 1.807) is 41.6 Å². The second-order valence-electron chi connectivity index (χ2n) is 9.37. The molecular weight excluding hydrogens is 479 g/mol. The summed E-state index contributed by atoms with van der Waals surface area (Å²) in [5.74, 6) is -1.95. The van der Waals surface area contributed by atoms with Gasteiger partial charge in [-0.1, -0.05) is 6.07 Å². The first kappa shape index (κ1) is 23.0. The van der Waals surface area contributed by atoms with E-state index < -0.39 is 23.7 Å². The molecule has 2 saturated heterocycles. The van der Waals surface area contributed by atoms with E-state index in [1.807, 2.05) is 4.90 Å². The Bertz CT molecular complexity index is 1460. The summed E-state index contributed by atoms with van der Waals surface area (Å²) in [6.45, 7) is 1.81. The molecule has 2 aromatic carbocycles. The van der Waals surface area contributed by atoms with E-state index in [0.29, 0.717) is 54.0 Å². The maximum Gasteiger partial charge on any atom is 0.256 e. The zero-order valence-electron chi connectivity index (χ0n) is 19.8. The van der Waals surface area contributed by atoms with Crippen LogP contribution in [0.5, 0.6) is 0 Å². The number of hydrogen-bond donors (Lipinski definition) is 1. The number of para-hydroxylation sites is 1. The minimum Gasteiger partial charge on any atom is -0.366 e. The van der Waals surface area contributed by atoms with Gasteiger partial charge < -0.3 is 14.7 Å². The Morgan fingerprint density at radius 3 is 2.59 bits per heavy atom. The fourth-order valence-electron chi connectivity index (χ4n) is 5.30. The summed E-state index contributed by atoms with van der Waals surface area (Å²) in [7, 11) is 0. The van der Waals surface area contributed by atoms with Crippen LogP contribution in [0, 0.1) is 5.82 Å². The van der Waals surface area contributed by atoms with Crippen molar-refractivity contribution in [3.8, 4) is 0 Å². The Balaban J connectivity index is 1.17. The van der Waals surface area contributed by atoms with Gasteiger partial charge in [0.2, 0.25) is 11.8 Å². The van der Waals surface area contributed by atoms with Crippen LogP contribution in [-0.4, -0.2) is 75.6 Å². The lowest BCUT2D eigenvalue weighted by molar-refractivity contribution is -0.136. The Morgan fingerprint density at radius 1 is 1.03 bits per heavy atom. The highest BCUT2D eigenvalue weighted by Crippen LogP contribution is 2.33. The summed E-state index contributed by atoms with van der Waals surface area (Å²) >= 11 is 0. The van der Waals surface area contributed by atoms with Crippen LogP contribution in [0.25, 0.3) is 11.0 Å². The number of nitrogens with one attached hydrogen (secondary N) is 1. The number of carbonyl (C=O) groups excluding carboxylic acids is 4. The maximum atomic E-state index is 15.2. The van der Waals surface area contributed by atoms with Crippen molar-refractivity contribution in [2.45, 2.75) is 25.4 Å². The largest absolute Gasteiger partial charge is 0.366 e. The number of benzene rings is 2. The van der Waals surface area contributed by atoms with Gasteiger partial charge in [0.1, 0.15) is 17.4 Å². The van der Waals surface area contributed by atoms with Crippen molar-refractivity contribution in [1.29, 1.82) is 0 Å². The first-order valence-corrected chi connectivity index (χ1v) is 12.1. The predicted octanol–water partition coefficient (Wildman–Crippen LogP) is 1.49. The van der Waals surface area contributed by atoms with E-state index in [4.69, 9.17) is 0 Å². The summed E-state index contributed by atoms with van der Waals surface area (Å²) in [5.41, 5.74) is 2.91. The summed E-state index contributed by atoms with van der Waals surface area (Å²) in [6.07, 6.45) is 3.54. The monoisotopic (exact) mass is 502 g/mol. The molecule has 4 amide bonds. The second kappa shape index (κ2) is 8.91. The van der Waals surface area contributed by atoms with E-state index in [0.717, 1.165) is 0 Å². The fraction of sp³-hybridized carbons (Fsp3) is 0.308. The average molecular weight is 503 g/mol. The fourth-order valence-corrected chi connectivity index (χ4v) is 5.30. The Labute approximate surface area is 211 Å². The first-order chi connectivity index (χ1) is 17.9. The number of fused-ring (bicyclic) bond motifs is 2. The number of piperidine rings is 1. The molecule has 2 fully saturated rings. The van der Waals surface area contributed by atoms with E-state index >= 15 is 4.39 Å². The van der Waals surface area contributed by atoms with Crippen molar-refractivity contribution in [2.24, 2.45) is 0 Å². The molecule has 4 heterocycles. The lowest BCUT2D eigenvalue weighted by Gasteiger charge is -2.36. The molecule has 11 heteroatoms. The van der Waals surface area contributed by atoms with Crippen LogP contribution >= 0.6 is 0 Å². The molecule has 0 spiro atoms. The zero-order chi connectivity index (χ0) is 25.7. The van der Waals surface area contributed by atoms with E-state index in [-0.39, 0.29) is 36.8 Å². The molecule has 6 rings (SSSR count). The molecule has 3 aromatic rings. The third kappa shape index (κ3) is 3.96. The van der Waals surface area contributed by atoms with Gasteiger partial charge >= 0.3 is 0 Å². The number of nitrogens with zero attached hydrogens (tertiary/aromatic N) is 5. The third-order valence-electron chi connectivity index (χ3n) is 7.23. The molecule has 0 radical (unpaired) electrons. The standard InChI is InChI=1S/C26H23FN6O4/c27-18-13-17-15(14-33(26(17)37)20-4-5-22(34)30-24(20)35)12-21(18)31-8-10-32(11-9-31)25(36)16-2-1-3-19-23(16)29-7-6-28-19/h1-3,6-7,12-13,20H,4-5,8-11,14H2,(H,30,34,35). The van der Waals surface area contributed by atoms with Gasteiger partial charge in [0.25, 0.3) is 11.8 Å². The number of aromatic nitrogens is 2. The van der Waals surface area contributed by atoms with Crippen LogP contribution in [-0.2, 0) is 16.1 Å². The molecule has 3 aliphatic rings. The molecular formula is C26H23FN6O4. The van der Waals surface area contributed by atoms with Crippen molar-refractivity contribution in [3.05, 3.63) is 65.2 Å². The average Bonchev–Trinajstić information content (AvgIpc) is 3.22.